The molecule has 2 heteroatoms. The van der Waals surface area contributed by atoms with E-state index in [1.165, 1.54) is 32.2 Å². The Bertz CT molecular complexity index is 156. The summed E-state index contributed by atoms with van der Waals surface area (Å²) in [5.41, 5.74) is 5.81. The zero-order valence-corrected chi connectivity index (χ0v) is 8.00. The maximum Gasteiger partial charge on any atom is 0.0139 e. The van der Waals surface area contributed by atoms with Crippen LogP contribution < -0.4 is 5.73 Å². The maximum absolute atomic E-state index is 5.81. The van der Waals surface area contributed by atoms with Crippen molar-refractivity contribution in [1.82, 2.24) is 4.90 Å². The van der Waals surface area contributed by atoms with Gasteiger partial charge in [0.25, 0.3) is 0 Å². The summed E-state index contributed by atoms with van der Waals surface area (Å²) < 4.78 is 0. The molecule has 1 saturated carbocycles. The number of nitrogens with two attached hydrogens (primary N) is 1. The molecule has 1 aliphatic heterocycles. The molecule has 0 bridgehead atoms. The molecule has 1 aliphatic carbocycles. The Morgan fingerprint density at radius 1 is 1.42 bits per heavy atom. The second-order valence-corrected chi connectivity index (χ2v) is 4.52. The Hall–Kier alpha value is -0.0800. The highest BCUT2D eigenvalue weighted by atomic mass is 15.2. The number of rotatable bonds is 2. The first-order valence-electron chi connectivity index (χ1n) is 5.27. The van der Waals surface area contributed by atoms with E-state index in [0.717, 1.165) is 18.5 Å². The summed E-state index contributed by atoms with van der Waals surface area (Å²) in [6.07, 6.45) is 5.78. The van der Waals surface area contributed by atoms with Crippen LogP contribution in [0.25, 0.3) is 0 Å². The van der Waals surface area contributed by atoms with Crippen molar-refractivity contribution in [2.75, 3.05) is 13.1 Å². The third kappa shape index (κ3) is 1.50. The zero-order valence-electron chi connectivity index (χ0n) is 8.00. The van der Waals surface area contributed by atoms with Crippen molar-refractivity contribution >= 4 is 0 Å². The molecule has 2 N–H and O–H groups in total. The highest BCUT2D eigenvalue weighted by Gasteiger charge is 2.37. The van der Waals surface area contributed by atoms with E-state index in [4.69, 9.17) is 5.73 Å². The molecule has 0 amide bonds. The highest BCUT2D eigenvalue weighted by Crippen LogP contribution is 2.37. The lowest BCUT2D eigenvalue weighted by Crippen LogP contribution is -2.38. The normalized spacial score (nSPS) is 38.5. The van der Waals surface area contributed by atoms with E-state index < -0.39 is 0 Å². The van der Waals surface area contributed by atoms with Crippen molar-refractivity contribution in [2.24, 2.45) is 11.7 Å². The summed E-state index contributed by atoms with van der Waals surface area (Å²) in [6, 6.07) is 1.25. The van der Waals surface area contributed by atoms with E-state index in [1.807, 2.05) is 0 Å². The van der Waals surface area contributed by atoms with E-state index in [9.17, 15) is 0 Å². The largest absolute Gasteiger partial charge is 0.327 e. The lowest BCUT2D eigenvalue weighted by Gasteiger charge is -2.25. The number of hydrogen-bond donors (Lipinski definition) is 1. The molecule has 0 aromatic heterocycles. The van der Waals surface area contributed by atoms with Crippen molar-refractivity contribution in [3.8, 4) is 0 Å². The first-order chi connectivity index (χ1) is 5.77. The fourth-order valence-corrected chi connectivity index (χ4v) is 2.93. The summed E-state index contributed by atoms with van der Waals surface area (Å²) in [4.78, 5) is 2.61. The number of fused-ring (bicyclic) bond motifs is 1. The van der Waals surface area contributed by atoms with Crippen LogP contribution >= 0.6 is 0 Å². The van der Waals surface area contributed by atoms with E-state index >= 15 is 0 Å². The van der Waals surface area contributed by atoms with Gasteiger partial charge in [-0.15, -0.1) is 0 Å². The van der Waals surface area contributed by atoms with Gasteiger partial charge in [0, 0.05) is 18.6 Å². The number of hydrogen-bond acceptors (Lipinski definition) is 2. The molecule has 2 unspecified atom stereocenters. The molecule has 0 spiro atoms. The second kappa shape index (κ2) is 3.35. The van der Waals surface area contributed by atoms with Crippen molar-refractivity contribution in [2.45, 2.75) is 44.7 Å². The smallest absolute Gasteiger partial charge is 0.0139 e. The van der Waals surface area contributed by atoms with E-state index in [-0.39, 0.29) is 0 Å². The monoisotopic (exact) mass is 168 g/mol. The Kier molecular flexibility index (Phi) is 2.37. The topological polar surface area (TPSA) is 29.3 Å². The molecule has 3 atom stereocenters. The van der Waals surface area contributed by atoms with Crippen LogP contribution in [0, 0.1) is 5.92 Å². The van der Waals surface area contributed by atoms with Crippen LogP contribution in [0.3, 0.4) is 0 Å². The van der Waals surface area contributed by atoms with Gasteiger partial charge in [-0.1, -0.05) is 6.42 Å². The number of nitrogens with zero attached hydrogens (tertiary/aromatic N) is 1. The SMILES string of the molecule is C[C@H](N)CN1CCC2CCCC21. The molecule has 70 valence electrons. The first kappa shape index (κ1) is 8.52. The predicted molar refractivity (Wildman–Crippen MR) is 51.0 cm³/mol. The molecule has 2 nitrogen and oxygen atoms in total. The summed E-state index contributed by atoms with van der Waals surface area (Å²) in [5.74, 6) is 1.02. The summed E-state index contributed by atoms with van der Waals surface area (Å²) in [7, 11) is 0. The lowest BCUT2D eigenvalue weighted by molar-refractivity contribution is 0.231. The second-order valence-electron chi connectivity index (χ2n) is 4.52. The minimum absolute atomic E-state index is 0.351. The van der Waals surface area contributed by atoms with Crippen LogP contribution in [0.1, 0.15) is 32.6 Å². The van der Waals surface area contributed by atoms with Gasteiger partial charge in [0.1, 0.15) is 0 Å². The van der Waals surface area contributed by atoms with Crippen molar-refractivity contribution in [1.29, 1.82) is 0 Å². The molecule has 2 fully saturated rings. The third-order valence-electron chi connectivity index (χ3n) is 3.40. The van der Waals surface area contributed by atoms with Crippen LogP contribution in [0.2, 0.25) is 0 Å². The Labute approximate surface area is 75.1 Å². The fourth-order valence-electron chi connectivity index (χ4n) is 2.93. The van der Waals surface area contributed by atoms with Gasteiger partial charge in [-0.3, -0.25) is 4.90 Å². The molecule has 0 aromatic rings. The van der Waals surface area contributed by atoms with Gasteiger partial charge < -0.3 is 5.73 Å². The molecule has 1 heterocycles. The third-order valence-corrected chi connectivity index (χ3v) is 3.40. The van der Waals surface area contributed by atoms with Gasteiger partial charge >= 0.3 is 0 Å². The van der Waals surface area contributed by atoms with Crippen molar-refractivity contribution < 1.29 is 0 Å². The molecule has 1 saturated heterocycles. The minimum atomic E-state index is 0.351. The number of likely N-dealkylation sites (tertiary alicyclic amines) is 1. The fraction of sp³-hybridized carbons (Fsp3) is 1.00. The van der Waals surface area contributed by atoms with Crippen LogP contribution in [0.5, 0.6) is 0 Å². The Morgan fingerprint density at radius 2 is 2.25 bits per heavy atom. The van der Waals surface area contributed by atoms with E-state index in [1.54, 1.807) is 0 Å². The van der Waals surface area contributed by atoms with Gasteiger partial charge in [0.2, 0.25) is 0 Å². The van der Waals surface area contributed by atoms with Gasteiger partial charge in [-0.05, 0) is 38.6 Å². The van der Waals surface area contributed by atoms with E-state index in [2.05, 4.69) is 11.8 Å². The minimum Gasteiger partial charge on any atom is -0.327 e. The zero-order chi connectivity index (χ0) is 8.55. The van der Waals surface area contributed by atoms with Crippen molar-refractivity contribution in [3.63, 3.8) is 0 Å². The van der Waals surface area contributed by atoms with Gasteiger partial charge in [0.15, 0.2) is 0 Å². The Balaban J connectivity index is 1.91. The van der Waals surface area contributed by atoms with Crippen LogP contribution in [-0.4, -0.2) is 30.1 Å². The van der Waals surface area contributed by atoms with Crippen LogP contribution in [0.4, 0.5) is 0 Å². The molecule has 2 aliphatic rings. The standard InChI is InChI=1S/C10H20N2/c1-8(11)7-12-6-5-9-3-2-4-10(9)12/h8-10H,2-7,11H2,1H3/t8-,9?,10?/m0/s1. The molecular formula is C10H20N2. The summed E-state index contributed by atoms with van der Waals surface area (Å²) in [5, 5.41) is 0. The van der Waals surface area contributed by atoms with Gasteiger partial charge in [-0.25, -0.2) is 0 Å². The predicted octanol–water partition coefficient (Wildman–Crippen LogP) is 1.21. The van der Waals surface area contributed by atoms with Gasteiger partial charge in [0.05, 0.1) is 0 Å². The highest BCUT2D eigenvalue weighted by molar-refractivity contribution is 4.92. The molecule has 2 rings (SSSR count). The van der Waals surface area contributed by atoms with E-state index in [0.29, 0.717) is 6.04 Å². The summed E-state index contributed by atoms with van der Waals surface area (Å²) in [6.45, 7) is 4.53. The molecule has 0 aromatic carbocycles. The van der Waals surface area contributed by atoms with Crippen LogP contribution in [0.15, 0.2) is 0 Å². The Morgan fingerprint density at radius 3 is 3.00 bits per heavy atom. The van der Waals surface area contributed by atoms with Crippen molar-refractivity contribution in [3.05, 3.63) is 0 Å². The molecule has 12 heavy (non-hydrogen) atoms. The average molecular weight is 168 g/mol. The molecular weight excluding hydrogens is 148 g/mol. The summed E-state index contributed by atoms with van der Waals surface area (Å²) >= 11 is 0. The quantitative estimate of drug-likeness (QED) is 0.671. The van der Waals surface area contributed by atoms with Crippen LogP contribution in [-0.2, 0) is 0 Å². The maximum atomic E-state index is 5.81. The molecule has 0 radical (unpaired) electrons. The first-order valence-corrected chi connectivity index (χ1v) is 5.27. The lowest BCUT2D eigenvalue weighted by atomic mass is 10.0. The van der Waals surface area contributed by atoms with Gasteiger partial charge in [-0.2, -0.15) is 0 Å². The average Bonchev–Trinajstić information content (AvgIpc) is 2.52.